The molecule has 0 aliphatic heterocycles. The number of sulfonamides is 1. The lowest BCUT2D eigenvalue weighted by molar-refractivity contribution is -0.149. The number of halogens is 1. The first-order valence-electron chi connectivity index (χ1n) is 8.44. The quantitative estimate of drug-likeness (QED) is 0.616. The molecule has 1 saturated carbocycles. The summed E-state index contributed by atoms with van der Waals surface area (Å²) < 4.78 is 29.9. The van der Waals surface area contributed by atoms with Gasteiger partial charge in [-0.05, 0) is 30.5 Å². The fourth-order valence-corrected chi connectivity index (χ4v) is 6.21. The molecule has 2 heterocycles. The van der Waals surface area contributed by atoms with Crippen molar-refractivity contribution in [2.75, 3.05) is 0 Å². The predicted molar refractivity (Wildman–Crippen MR) is 106 cm³/mol. The van der Waals surface area contributed by atoms with E-state index in [4.69, 9.17) is 11.6 Å². The fraction of sp³-hybridized carbons (Fsp3) is 0.222. The number of aliphatic carboxylic acids is 1. The maximum absolute atomic E-state index is 13.0. The molecule has 1 aromatic carbocycles. The summed E-state index contributed by atoms with van der Waals surface area (Å²) in [6, 6.07) is 12.1. The van der Waals surface area contributed by atoms with E-state index in [2.05, 4.69) is 9.82 Å². The van der Waals surface area contributed by atoms with E-state index in [1.165, 1.54) is 16.9 Å². The zero-order chi connectivity index (χ0) is 19.9. The van der Waals surface area contributed by atoms with Crippen molar-refractivity contribution in [1.29, 1.82) is 0 Å². The molecular formula is C18H16ClN3O4S2. The highest BCUT2D eigenvalue weighted by atomic mass is 35.5. The molecule has 0 amide bonds. The second-order valence-electron chi connectivity index (χ2n) is 6.58. The van der Waals surface area contributed by atoms with E-state index in [0.29, 0.717) is 16.4 Å². The van der Waals surface area contributed by atoms with Gasteiger partial charge in [-0.3, -0.25) is 4.79 Å². The van der Waals surface area contributed by atoms with Crippen LogP contribution in [-0.2, 0) is 14.8 Å². The van der Waals surface area contributed by atoms with Gasteiger partial charge in [0, 0.05) is 5.92 Å². The number of carboxylic acid groups (broad SMARTS) is 1. The van der Waals surface area contributed by atoms with Gasteiger partial charge in [-0.15, -0.1) is 11.3 Å². The van der Waals surface area contributed by atoms with Crippen molar-refractivity contribution >= 4 is 38.9 Å². The lowest BCUT2D eigenvalue weighted by Gasteiger charge is -2.46. The van der Waals surface area contributed by atoms with Crippen LogP contribution in [0, 0.1) is 0 Å². The molecule has 0 saturated heterocycles. The molecule has 2 atom stereocenters. The molecule has 28 heavy (non-hydrogen) atoms. The number of aromatic nitrogens is 2. The Morgan fingerprint density at radius 2 is 2.04 bits per heavy atom. The summed E-state index contributed by atoms with van der Waals surface area (Å²) in [6.45, 7) is 0. The van der Waals surface area contributed by atoms with Crippen molar-refractivity contribution in [1.82, 2.24) is 14.5 Å². The molecule has 0 unspecified atom stereocenters. The third-order valence-electron chi connectivity index (χ3n) is 4.93. The summed E-state index contributed by atoms with van der Waals surface area (Å²) in [7, 11) is -4.03. The summed E-state index contributed by atoms with van der Waals surface area (Å²) in [6.07, 6.45) is 3.84. The highest BCUT2D eigenvalue weighted by Gasteiger charge is 2.56. The van der Waals surface area contributed by atoms with Gasteiger partial charge in [0.1, 0.15) is 14.7 Å². The van der Waals surface area contributed by atoms with Gasteiger partial charge >= 0.3 is 5.97 Å². The Morgan fingerprint density at radius 1 is 1.29 bits per heavy atom. The highest BCUT2D eigenvalue weighted by molar-refractivity contribution is 7.91. The van der Waals surface area contributed by atoms with E-state index < -0.39 is 27.4 Å². The summed E-state index contributed by atoms with van der Waals surface area (Å²) in [5, 5.41) is 14.9. The molecule has 2 N–H and O–H groups in total. The minimum atomic E-state index is -4.03. The van der Waals surface area contributed by atoms with E-state index in [1.807, 2.05) is 30.3 Å². The normalized spacial score (nSPS) is 22.0. The topological polar surface area (TPSA) is 101 Å². The molecular weight excluding hydrogens is 422 g/mol. The van der Waals surface area contributed by atoms with Crippen LogP contribution in [0.3, 0.4) is 0 Å². The SMILES string of the molecule is O=C(O)[C@]1(NS(=O)(=O)c2ccc(-n3cc(Cl)cn3)s2)CC[C@@H]1c1ccccc1. The van der Waals surface area contributed by atoms with Crippen LogP contribution in [0.1, 0.15) is 24.3 Å². The number of carbonyl (C=O) groups is 1. The Bertz CT molecular complexity index is 1130. The number of nitrogens with one attached hydrogen (secondary N) is 1. The fourth-order valence-electron chi connectivity index (χ4n) is 3.43. The van der Waals surface area contributed by atoms with E-state index in [9.17, 15) is 18.3 Å². The predicted octanol–water partition coefficient (Wildman–Crippen LogP) is 3.27. The number of hydrogen-bond donors (Lipinski definition) is 2. The van der Waals surface area contributed by atoms with Gasteiger partial charge in [-0.2, -0.15) is 9.82 Å². The number of nitrogens with zero attached hydrogens (tertiary/aromatic N) is 2. The van der Waals surface area contributed by atoms with Crippen molar-refractivity contribution in [2.45, 2.75) is 28.5 Å². The minimum absolute atomic E-state index is 0.0217. The van der Waals surface area contributed by atoms with Crippen LogP contribution >= 0.6 is 22.9 Å². The largest absolute Gasteiger partial charge is 0.480 e. The number of rotatable bonds is 6. The van der Waals surface area contributed by atoms with Crippen molar-refractivity contribution in [3.8, 4) is 5.00 Å². The minimum Gasteiger partial charge on any atom is -0.480 e. The van der Waals surface area contributed by atoms with Gasteiger partial charge in [-0.1, -0.05) is 41.9 Å². The van der Waals surface area contributed by atoms with Crippen LogP contribution in [0.25, 0.3) is 5.00 Å². The molecule has 7 nitrogen and oxygen atoms in total. The van der Waals surface area contributed by atoms with Crippen LogP contribution in [-0.4, -0.2) is 34.8 Å². The second kappa shape index (κ2) is 7.00. The smallest absolute Gasteiger partial charge is 0.325 e. The molecule has 4 rings (SSSR count). The van der Waals surface area contributed by atoms with Gasteiger partial charge in [0.15, 0.2) is 0 Å². The lowest BCUT2D eigenvalue weighted by atomic mass is 9.64. The zero-order valence-electron chi connectivity index (χ0n) is 14.4. The highest BCUT2D eigenvalue weighted by Crippen LogP contribution is 2.47. The standard InChI is InChI=1S/C18H16ClN3O4S2/c19-13-10-20-22(11-13)15-6-7-16(27-15)28(25,26)21-18(17(23)24)9-8-14(18)12-4-2-1-3-5-12/h1-7,10-11,14,21H,8-9H2,(H,23,24)/t14-,18+/m1/s1. The Balaban J connectivity index is 1.64. The van der Waals surface area contributed by atoms with E-state index in [0.717, 1.165) is 16.9 Å². The summed E-state index contributed by atoms with van der Waals surface area (Å²) in [5.41, 5.74) is -0.754. The zero-order valence-corrected chi connectivity index (χ0v) is 16.8. The van der Waals surface area contributed by atoms with Crippen LogP contribution in [0.15, 0.2) is 59.1 Å². The maximum atomic E-state index is 13.0. The van der Waals surface area contributed by atoms with E-state index >= 15 is 0 Å². The Kier molecular flexibility index (Phi) is 4.78. The van der Waals surface area contributed by atoms with Gasteiger partial charge in [0.05, 0.1) is 17.4 Å². The average molecular weight is 438 g/mol. The first-order chi connectivity index (χ1) is 13.3. The lowest BCUT2D eigenvalue weighted by Crippen LogP contribution is -2.63. The first-order valence-corrected chi connectivity index (χ1v) is 11.1. The summed E-state index contributed by atoms with van der Waals surface area (Å²) in [5.74, 6) is -1.60. The molecule has 1 aliphatic rings. The van der Waals surface area contributed by atoms with Gasteiger partial charge in [0.2, 0.25) is 0 Å². The van der Waals surface area contributed by atoms with Gasteiger partial charge in [-0.25, -0.2) is 13.1 Å². The van der Waals surface area contributed by atoms with Crippen molar-refractivity contribution in [3.05, 3.63) is 65.4 Å². The van der Waals surface area contributed by atoms with Crippen molar-refractivity contribution in [3.63, 3.8) is 0 Å². The molecule has 1 aliphatic carbocycles. The van der Waals surface area contributed by atoms with Crippen LogP contribution in [0.5, 0.6) is 0 Å². The number of benzene rings is 1. The number of hydrogen-bond acceptors (Lipinski definition) is 5. The third kappa shape index (κ3) is 3.24. The van der Waals surface area contributed by atoms with Crippen LogP contribution in [0.2, 0.25) is 5.02 Å². The Labute approximate surface area is 170 Å². The van der Waals surface area contributed by atoms with E-state index in [1.54, 1.807) is 12.3 Å². The third-order valence-corrected chi connectivity index (χ3v) is 8.20. The molecule has 10 heteroatoms. The van der Waals surface area contributed by atoms with Gasteiger partial charge in [0.25, 0.3) is 10.0 Å². The molecule has 0 radical (unpaired) electrons. The summed E-state index contributed by atoms with van der Waals surface area (Å²) in [4.78, 5) is 12.1. The monoisotopic (exact) mass is 437 g/mol. The van der Waals surface area contributed by atoms with Crippen molar-refractivity contribution < 1.29 is 18.3 Å². The molecule has 1 fully saturated rings. The van der Waals surface area contributed by atoms with Crippen molar-refractivity contribution in [2.24, 2.45) is 0 Å². The molecule has 0 spiro atoms. The summed E-state index contributed by atoms with van der Waals surface area (Å²) >= 11 is 6.84. The Hall–Kier alpha value is -2.20. The second-order valence-corrected chi connectivity index (χ2v) is 9.99. The molecule has 146 valence electrons. The van der Waals surface area contributed by atoms with Crippen LogP contribution in [0.4, 0.5) is 0 Å². The maximum Gasteiger partial charge on any atom is 0.325 e. The van der Waals surface area contributed by atoms with Crippen LogP contribution < -0.4 is 4.72 Å². The molecule has 0 bridgehead atoms. The first kappa shape index (κ1) is 19.1. The molecule has 2 aromatic heterocycles. The van der Waals surface area contributed by atoms with Gasteiger partial charge < -0.3 is 5.11 Å². The molecule has 3 aromatic rings. The van der Waals surface area contributed by atoms with E-state index in [-0.39, 0.29) is 10.6 Å². The average Bonchev–Trinajstić information content (AvgIpc) is 3.28. The number of carboxylic acids is 1. The Morgan fingerprint density at radius 3 is 2.61 bits per heavy atom. The number of thiophene rings is 1.